The molecule has 0 aromatic heterocycles. The van der Waals surface area contributed by atoms with Gasteiger partial charge in [0, 0.05) is 37.8 Å². The maximum atomic E-state index is 11.9. The summed E-state index contributed by atoms with van der Waals surface area (Å²) in [5, 5.41) is 10.4. The molecule has 1 unspecified atom stereocenters. The van der Waals surface area contributed by atoms with Gasteiger partial charge in [-0.3, -0.25) is 9.79 Å². The number of halogens is 1. The molecule has 0 aromatic carbocycles. The maximum Gasteiger partial charge on any atom is 0.221 e. The lowest BCUT2D eigenvalue weighted by Gasteiger charge is -2.22. The van der Waals surface area contributed by atoms with Crippen LogP contribution in [0.15, 0.2) is 4.99 Å². The van der Waals surface area contributed by atoms with Crippen molar-refractivity contribution in [3.63, 3.8) is 0 Å². The van der Waals surface area contributed by atoms with E-state index < -0.39 is 0 Å². The van der Waals surface area contributed by atoms with Gasteiger partial charge in [0.2, 0.25) is 5.91 Å². The first-order chi connectivity index (χ1) is 10.8. The van der Waals surface area contributed by atoms with E-state index in [1.54, 1.807) is 7.05 Å². The van der Waals surface area contributed by atoms with Crippen molar-refractivity contribution < 1.29 is 4.79 Å². The van der Waals surface area contributed by atoms with Gasteiger partial charge >= 0.3 is 0 Å². The number of hydrogen-bond acceptors (Lipinski definition) is 3. The summed E-state index contributed by atoms with van der Waals surface area (Å²) in [6.07, 6.45) is 9.22. The van der Waals surface area contributed by atoms with Crippen LogP contribution in [-0.4, -0.2) is 49.0 Å². The average molecular weight is 454 g/mol. The highest BCUT2D eigenvalue weighted by atomic mass is 127. The molecule has 7 heteroatoms. The summed E-state index contributed by atoms with van der Waals surface area (Å²) in [5.74, 6) is 2.24. The molecule has 2 rings (SSSR count). The van der Waals surface area contributed by atoms with Gasteiger partial charge < -0.3 is 16.0 Å². The van der Waals surface area contributed by atoms with Gasteiger partial charge in [0.05, 0.1) is 0 Å². The summed E-state index contributed by atoms with van der Waals surface area (Å²) in [5.41, 5.74) is 0. The zero-order chi connectivity index (χ0) is 15.6. The van der Waals surface area contributed by atoms with E-state index in [0.717, 1.165) is 25.3 Å². The Morgan fingerprint density at radius 2 is 1.91 bits per heavy atom. The van der Waals surface area contributed by atoms with Crippen molar-refractivity contribution in [2.24, 2.45) is 4.99 Å². The van der Waals surface area contributed by atoms with Crippen LogP contribution in [0.25, 0.3) is 0 Å². The second-order valence-electron chi connectivity index (χ2n) is 6.17. The fourth-order valence-electron chi connectivity index (χ4n) is 3.08. The van der Waals surface area contributed by atoms with Crippen molar-refractivity contribution in [2.45, 2.75) is 62.7 Å². The molecular formula is C16H31IN4OS. The summed E-state index contributed by atoms with van der Waals surface area (Å²) in [7, 11) is 1.78. The number of carbonyl (C=O) groups is 1. The van der Waals surface area contributed by atoms with Crippen LogP contribution in [0.4, 0.5) is 0 Å². The molecule has 5 nitrogen and oxygen atoms in total. The largest absolute Gasteiger partial charge is 0.356 e. The van der Waals surface area contributed by atoms with Crippen LogP contribution in [0.3, 0.4) is 0 Å². The molecular weight excluding hydrogens is 423 g/mol. The first kappa shape index (κ1) is 20.9. The van der Waals surface area contributed by atoms with Gasteiger partial charge in [0.15, 0.2) is 5.96 Å². The summed E-state index contributed by atoms with van der Waals surface area (Å²) in [6.45, 7) is 1.59. The molecule has 1 aliphatic carbocycles. The summed E-state index contributed by atoms with van der Waals surface area (Å²) >= 11 is 2.03. The van der Waals surface area contributed by atoms with Gasteiger partial charge in [-0.15, -0.1) is 24.0 Å². The SMILES string of the molecule is CN=C(NCCC(=O)NC1CCCCC1)NCC1CCCS1.I. The second kappa shape index (κ2) is 12.2. The molecule has 0 spiro atoms. The fraction of sp³-hybridized carbons (Fsp3) is 0.875. The lowest BCUT2D eigenvalue weighted by Crippen LogP contribution is -2.42. The molecule has 23 heavy (non-hydrogen) atoms. The highest BCUT2D eigenvalue weighted by molar-refractivity contribution is 14.0. The van der Waals surface area contributed by atoms with Crippen LogP contribution in [0, 0.1) is 0 Å². The molecule has 1 aliphatic heterocycles. The lowest BCUT2D eigenvalue weighted by atomic mass is 9.95. The van der Waals surface area contributed by atoms with Gasteiger partial charge in [-0.25, -0.2) is 0 Å². The van der Waals surface area contributed by atoms with Gasteiger partial charge in [-0.1, -0.05) is 19.3 Å². The molecule has 3 N–H and O–H groups in total. The number of hydrogen-bond donors (Lipinski definition) is 3. The van der Waals surface area contributed by atoms with Crippen LogP contribution in [-0.2, 0) is 4.79 Å². The summed E-state index contributed by atoms with van der Waals surface area (Å²) < 4.78 is 0. The van der Waals surface area contributed by atoms with Gasteiger partial charge in [0.25, 0.3) is 0 Å². The Bertz CT molecular complexity index is 369. The van der Waals surface area contributed by atoms with Crippen LogP contribution in [0.2, 0.25) is 0 Å². The van der Waals surface area contributed by atoms with Crippen molar-refractivity contribution >= 4 is 47.6 Å². The van der Waals surface area contributed by atoms with E-state index in [4.69, 9.17) is 0 Å². The van der Waals surface area contributed by atoms with E-state index in [1.165, 1.54) is 37.9 Å². The van der Waals surface area contributed by atoms with E-state index in [2.05, 4.69) is 20.9 Å². The number of nitrogens with one attached hydrogen (secondary N) is 3. The molecule has 1 atom stereocenters. The van der Waals surface area contributed by atoms with E-state index >= 15 is 0 Å². The van der Waals surface area contributed by atoms with E-state index in [9.17, 15) is 4.79 Å². The Balaban J connectivity index is 0.00000264. The third-order valence-corrected chi connectivity index (χ3v) is 5.76. The Hall–Kier alpha value is -0.180. The van der Waals surface area contributed by atoms with E-state index in [1.807, 2.05) is 11.8 Å². The highest BCUT2D eigenvalue weighted by Gasteiger charge is 2.16. The smallest absolute Gasteiger partial charge is 0.221 e. The molecule has 2 fully saturated rings. The number of aliphatic imine (C=N–C) groups is 1. The van der Waals surface area contributed by atoms with Crippen LogP contribution in [0.5, 0.6) is 0 Å². The quantitative estimate of drug-likeness (QED) is 0.328. The molecule has 0 bridgehead atoms. The number of nitrogens with zero attached hydrogens (tertiary/aromatic N) is 1. The predicted molar refractivity (Wildman–Crippen MR) is 110 cm³/mol. The van der Waals surface area contributed by atoms with Crippen molar-refractivity contribution in [1.82, 2.24) is 16.0 Å². The lowest BCUT2D eigenvalue weighted by molar-refractivity contribution is -0.121. The number of thioether (sulfide) groups is 1. The predicted octanol–water partition coefficient (Wildman–Crippen LogP) is 2.50. The van der Waals surface area contributed by atoms with Crippen LogP contribution in [0.1, 0.15) is 51.4 Å². The molecule has 1 saturated heterocycles. The molecule has 2 aliphatic rings. The molecule has 1 amide bonds. The standard InChI is InChI=1S/C16H30N4OS.HI/c1-17-16(19-12-14-8-5-11-22-14)18-10-9-15(21)20-13-6-3-2-4-7-13;/h13-14H,2-12H2,1H3,(H,20,21)(H2,17,18,19);1H. The van der Waals surface area contributed by atoms with Crippen LogP contribution >= 0.6 is 35.7 Å². The summed E-state index contributed by atoms with van der Waals surface area (Å²) in [4.78, 5) is 16.1. The zero-order valence-corrected chi connectivity index (χ0v) is 17.3. The van der Waals surface area contributed by atoms with Crippen molar-refractivity contribution in [3.05, 3.63) is 0 Å². The second-order valence-corrected chi connectivity index (χ2v) is 7.58. The van der Waals surface area contributed by atoms with Crippen molar-refractivity contribution in [1.29, 1.82) is 0 Å². The monoisotopic (exact) mass is 454 g/mol. The number of amides is 1. The Kier molecular flexibility index (Phi) is 11.1. The van der Waals surface area contributed by atoms with Crippen molar-refractivity contribution in [3.8, 4) is 0 Å². The molecule has 0 aromatic rings. The average Bonchev–Trinajstić information content (AvgIpc) is 3.05. The van der Waals surface area contributed by atoms with E-state index in [-0.39, 0.29) is 29.9 Å². The number of guanidine groups is 1. The molecule has 1 saturated carbocycles. The first-order valence-corrected chi connectivity index (χ1v) is 9.68. The summed E-state index contributed by atoms with van der Waals surface area (Å²) in [6, 6.07) is 0.401. The van der Waals surface area contributed by atoms with Crippen LogP contribution < -0.4 is 16.0 Å². The van der Waals surface area contributed by atoms with Gasteiger partial charge in [-0.2, -0.15) is 11.8 Å². The molecule has 0 radical (unpaired) electrons. The third-order valence-electron chi connectivity index (χ3n) is 4.36. The minimum absolute atomic E-state index is 0. The fourth-order valence-corrected chi connectivity index (χ4v) is 4.28. The van der Waals surface area contributed by atoms with Crippen molar-refractivity contribution in [2.75, 3.05) is 25.9 Å². The molecule has 134 valence electrons. The maximum absolute atomic E-state index is 11.9. The topological polar surface area (TPSA) is 65.5 Å². The normalized spacial score (nSPS) is 22.3. The Labute approximate surface area is 161 Å². The first-order valence-electron chi connectivity index (χ1n) is 8.63. The van der Waals surface area contributed by atoms with E-state index in [0.29, 0.717) is 24.3 Å². The van der Waals surface area contributed by atoms with Gasteiger partial charge in [-0.05, 0) is 31.4 Å². The number of rotatable bonds is 6. The Morgan fingerprint density at radius 1 is 1.13 bits per heavy atom. The highest BCUT2D eigenvalue weighted by Crippen LogP contribution is 2.25. The minimum atomic E-state index is 0. The van der Waals surface area contributed by atoms with Gasteiger partial charge in [0.1, 0.15) is 0 Å². The zero-order valence-electron chi connectivity index (χ0n) is 14.1. The Morgan fingerprint density at radius 3 is 2.57 bits per heavy atom. The molecule has 1 heterocycles. The minimum Gasteiger partial charge on any atom is -0.356 e. The third kappa shape index (κ3) is 8.47. The number of carbonyl (C=O) groups excluding carboxylic acids is 1.